The lowest BCUT2D eigenvalue weighted by atomic mass is 10.0. The van der Waals surface area contributed by atoms with E-state index in [1.807, 2.05) is 13.8 Å². The molecule has 1 aromatic heterocycles. The molecule has 0 bridgehead atoms. The fourth-order valence-electron chi connectivity index (χ4n) is 1.07. The van der Waals surface area contributed by atoms with E-state index in [0.29, 0.717) is 11.6 Å². The van der Waals surface area contributed by atoms with Crippen LogP contribution in [0.5, 0.6) is 0 Å². The van der Waals surface area contributed by atoms with E-state index in [4.69, 9.17) is 0 Å². The molecular weight excluding hydrogens is 164 g/mol. The van der Waals surface area contributed by atoms with Crippen LogP contribution in [0.4, 0.5) is 0 Å². The van der Waals surface area contributed by atoms with Gasteiger partial charge in [-0.25, -0.2) is 9.78 Å². The first-order chi connectivity index (χ1) is 6.15. The molecule has 1 heterocycles. The number of nitrogens with zero attached hydrogens (tertiary/aromatic N) is 1. The topological polar surface area (TPSA) is 45.8 Å². The molecule has 3 nitrogen and oxygen atoms in total. The zero-order valence-corrected chi connectivity index (χ0v) is 8.01. The smallest absolute Gasteiger partial charge is 0.298 e. The zero-order valence-electron chi connectivity index (χ0n) is 8.01. The second kappa shape index (κ2) is 3.90. The molecule has 0 aliphatic carbocycles. The molecule has 0 spiro atoms. The third-order valence-electron chi connectivity index (χ3n) is 1.71. The minimum Gasteiger partial charge on any atom is -0.298 e. The molecule has 68 valence electrons. The minimum atomic E-state index is -0.345. The summed E-state index contributed by atoms with van der Waals surface area (Å²) < 4.78 is 0. The molecule has 0 atom stereocenters. The number of nitrogens with one attached hydrogen (secondary N) is 1. The quantitative estimate of drug-likeness (QED) is 0.655. The highest BCUT2D eigenvalue weighted by Crippen LogP contribution is 2.13. The second-order valence-corrected chi connectivity index (χ2v) is 3.05. The molecule has 3 heteroatoms. The second-order valence-electron chi connectivity index (χ2n) is 3.05. The summed E-state index contributed by atoms with van der Waals surface area (Å²) in [6, 6.07) is 0. The molecule has 0 fully saturated rings. The van der Waals surface area contributed by atoms with Crippen molar-refractivity contribution in [2.24, 2.45) is 0 Å². The average molecular weight is 176 g/mol. The van der Waals surface area contributed by atoms with E-state index >= 15 is 0 Å². The van der Waals surface area contributed by atoms with E-state index in [9.17, 15) is 4.79 Å². The van der Waals surface area contributed by atoms with Gasteiger partial charge in [0.1, 0.15) is 0 Å². The summed E-state index contributed by atoms with van der Waals surface area (Å²) in [6.45, 7) is 5.81. The maximum Gasteiger partial charge on any atom is 0.345 e. The van der Waals surface area contributed by atoms with Crippen LogP contribution in [0.15, 0.2) is 11.0 Å². The minimum absolute atomic E-state index is 0.320. The molecular formula is C10H12N2O. The highest BCUT2D eigenvalue weighted by molar-refractivity contribution is 5.34. The van der Waals surface area contributed by atoms with Crippen molar-refractivity contribution >= 4 is 0 Å². The van der Waals surface area contributed by atoms with Crippen molar-refractivity contribution in [3.8, 4) is 11.8 Å². The van der Waals surface area contributed by atoms with Crippen LogP contribution < -0.4 is 5.69 Å². The lowest BCUT2D eigenvalue weighted by Gasteiger charge is -2.05. The number of H-pyrrole nitrogens is 1. The first kappa shape index (κ1) is 9.53. The van der Waals surface area contributed by atoms with Crippen LogP contribution in [0.1, 0.15) is 37.9 Å². The predicted molar refractivity (Wildman–Crippen MR) is 51.5 cm³/mol. The van der Waals surface area contributed by atoms with Gasteiger partial charge in [0.15, 0.2) is 0 Å². The van der Waals surface area contributed by atoms with Crippen molar-refractivity contribution in [1.82, 2.24) is 9.97 Å². The maximum atomic E-state index is 10.9. The van der Waals surface area contributed by atoms with Crippen molar-refractivity contribution < 1.29 is 0 Å². The predicted octanol–water partition coefficient (Wildman–Crippen LogP) is 1.26. The van der Waals surface area contributed by atoms with E-state index in [2.05, 4.69) is 21.8 Å². The van der Waals surface area contributed by atoms with Crippen LogP contribution in [0.3, 0.4) is 0 Å². The average Bonchev–Trinajstić information content (AvgIpc) is 2.04. The monoisotopic (exact) mass is 176 g/mol. The number of hydrogen-bond acceptors (Lipinski definition) is 2. The number of aromatic nitrogens is 2. The van der Waals surface area contributed by atoms with Crippen LogP contribution in [-0.4, -0.2) is 9.97 Å². The molecule has 0 saturated heterocycles. The van der Waals surface area contributed by atoms with Gasteiger partial charge in [-0.1, -0.05) is 19.8 Å². The van der Waals surface area contributed by atoms with E-state index in [1.54, 1.807) is 13.1 Å². The summed E-state index contributed by atoms with van der Waals surface area (Å²) >= 11 is 0. The number of hydrogen-bond donors (Lipinski definition) is 1. The first-order valence-corrected chi connectivity index (χ1v) is 4.17. The van der Waals surface area contributed by atoms with Gasteiger partial charge >= 0.3 is 5.69 Å². The Morgan fingerprint density at radius 2 is 2.23 bits per heavy atom. The van der Waals surface area contributed by atoms with Gasteiger partial charge < -0.3 is 0 Å². The SMILES string of the molecule is CC#Cc1[nH]c(=O)ncc1C(C)C. The summed E-state index contributed by atoms with van der Waals surface area (Å²) in [6.07, 6.45) is 1.59. The first-order valence-electron chi connectivity index (χ1n) is 4.17. The van der Waals surface area contributed by atoms with Gasteiger partial charge in [0, 0.05) is 11.8 Å². The summed E-state index contributed by atoms with van der Waals surface area (Å²) in [5, 5.41) is 0. The Hall–Kier alpha value is -1.56. The van der Waals surface area contributed by atoms with Crippen molar-refractivity contribution in [2.45, 2.75) is 26.7 Å². The Balaban J connectivity index is 3.32. The molecule has 0 aliphatic heterocycles. The van der Waals surface area contributed by atoms with Gasteiger partial charge in [0.05, 0.1) is 5.69 Å². The van der Waals surface area contributed by atoms with Crippen molar-refractivity contribution in [3.63, 3.8) is 0 Å². The van der Waals surface area contributed by atoms with Crippen LogP contribution in [0.25, 0.3) is 0 Å². The summed E-state index contributed by atoms with van der Waals surface area (Å²) in [4.78, 5) is 17.2. The normalized spacial score (nSPS) is 9.54. The fourth-order valence-corrected chi connectivity index (χ4v) is 1.07. The third-order valence-corrected chi connectivity index (χ3v) is 1.71. The number of rotatable bonds is 1. The molecule has 0 aromatic carbocycles. The molecule has 0 radical (unpaired) electrons. The van der Waals surface area contributed by atoms with Gasteiger partial charge in [0.25, 0.3) is 0 Å². The van der Waals surface area contributed by atoms with Crippen LogP contribution in [0.2, 0.25) is 0 Å². The van der Waals surface area contributed by atoms with E-state index in [0.717, 1.165) is 5.56 Å². The Morgan fingerprint density at radius 1 is 1.54 bits per heavy atom. The number of aromatic amines is 1. The van der Waals surface area contributed by atoms with Crippen molar-refractivity contribution in [1.29, 1.82) is 0 Å². The maximum absolute atomic E-state index is 10.9. The van der Waals surface area contributed by atoms with Gasteiger partial charge in [-0.15, -0.1) is 0 Å². The molecule has 0 saturated carbocycles. The lowest BCUT2D eigenvalue weighted by Crippen LogP contribution is -2.13. The zero-order chi connectivity index (χ0) is 9.84. The summed E-state index contributed by atoms with van der Waals surface area (Å²) in [7, 11) is 0. The molecule has 1 aromatic rings. The standard InChI is InChI=1S/C10H12N2O/c1-4-5-9-8(7(2)3)6-11-10(13)12-9/h6-7H,1-3H3,(H,11,12,13). The molecule has 0 aliphatic rings. The fraction of sp³-hybridized carbons (Fsp3) is 0.400. The van der Waals surface area contributed by atoms with Gasteiger partial charge in [-0.2, -0.15) is 0 Å². The Kier molecular flexibility index (Phi) is 2.86. The Labute approximate surface area is 77.2 Å². The van der Waals surface area contributed by atoms with Crippen molar-refractivity contribution in [3.05, 3.63) is 27.9 Å². The Bertz CT molecular complexity index is 407. The van der Waals surface area contributed by atoms with Crippen molar-refractivity contribution in [2.75, 3.05) is 0 Å². The molecule has 0 amide bonds. The van der Waals surface area contributed by atoms with Crippen LogP contribution in [-0.2, 0) is 0 Å². The highest BCUT2D eigenvalue weighted by Gasteiger charge is 2.05. The third kappa shape index (κ3) is 2.19. The van der Waals surface area contributed by atoms with E-state index in [-0.39, 0.29) is 5.69 Å². The van der Waals surface area contributed by atoms with Gasteiger partial charge in [-0.3, -0.25) is 4.98 Å². The summed E-state index contributed by atoms with van der Waals surface area (Å²) in [5.74, 6) is 5.93. The van der Waals surface area contributed by atoms with E-state index < -0.39 is 0 Å². The molecule has 1 N–H and O–H groups in total. The molecule has 1 rings (SSSR count). The summed E-state index contributed by atoms with van der Waals surface area (Å²) in [5.41, 5.74) is 1.31. The van der Waals surface area contributed by atoms with E-state index in [1.165, 1.54) is 0 Å². The Morgan fingerprint density at radius 3 is 2.77 bits per heavy atom. The van der Waals surface area contributed by atoms with Crippen LogP contribution in [0, 0.1) is 11.8 Å². The lowest BCUT2D eigenvalue weighted by molar-refractivity contribution is 0.831. The van der Waals surface area contributed by atoms with Crippen LogP contribution >= 0.6 is 0 Å². The molecule has 13 heavy (non-hydrogen) atoms. The largest absolute Gasteiger partial charge is 0.345 e. The molecule has 0 unspecified atom stereocenters. The van der Waals surface area contributed by atoms with Gasteiger partial charge in [-0.05, 0) is 18.8 Å². The highest BCUT2D eigenvalue weighted by atomic mass is 16.1. The van der Waals surface area contributed by atoms with Gasteiger partial charge in [0.2, 0.25) is 0 Å².